The molecule has 0 saturated carbocycles. The molecule has 0 bridgehead atoms. The van der Waals surface area contributed by atoms with Gasteiger partial charge in [0.05, 0.1) is 29.2 Å². The van der Waals surface area contributed by atoms with Crippen LogP contribution in [0.5, 0.6) is 0 Å². The molecule has 0 radical (unpaired) electrons. The summed E-state index contributed by atoms with van der Waals surface area (Å²) in [5.41, 5.74) is 1.66. The Labute approximate surface area is 155 Å². The van der Waals surface area contributed by atoms with Gasteiger partial charge in [0.25, 0.3) is 11.2 Å². The fourth-order valence-corrected chi connectivity index (χ4v) is 2.77. The number of carbonyl (C=O) groups is 1. The molecule has 1 heterocycles. The number of non-ortho nitro benzene ring substituents is 1. The van der Waals surface area contributed by atoms with Crippen LogP contribution in [0.1, 0.15) is 29.3 Å². The van der Waals surface area contributed by atoms with E-state index in [4.69, 9.17) is 4.74 Å². The molecular formula is C20H18N2O5. The Hall–Kier alpha value is -3.48. The van der Waals surface area contributed by atoms with Crippen LogP contribution in [-0.2, 0) is 11.3 Å². The first-order chi connectivity index (χ1) is 13.0. The summed E-state index contributed by atoms with van der Waals surface area (Å²) in [6.45, 7) is 2.59. The zero-order valence-electron chi connectivity index (χ0n) is 14.8. The van der Waals surface area contributed by atoms with E-state index in [9.17, 15) is 19.7 Å². The van der Waals surface area contributed by atoms with Gasteiger partial charge in [-0.1, -0.05) is 19.1 Å². The van der Waals surface area contributed by atoms with Gasteiger partial charge in [-0.25, -0.2) is 4.79 Å². The van der Waals surface area contributed by atoms with Gasteiger partial charge >= 0.3 is 5.97 Å². The van der Waals surface area contributed by atoms with Gasteiger partial charge in [-0.15, -0.1) is 0 Å². The van der Waals surface area contributed by atoms with Gasteiger partial charge in [-0.3, -0.25) is 14.9 Å². The standard InChI is InChI=1S/C20H18N2O5/c1-2-11-27-20(24)15-5-3-14(4-6-15)13-21-18-9-8-17(22(25)26)12-16(18)7-10-19(21)23/h3-10,12H,2,11,13H2,1H3. The van der Waals surface area contributed by atoms with Crippen molar-refractivity contribution in [1.29, 1.82) is 0 Å². The van der Waals surface area contributed by atoms with E-state index in [-0.39, 0.29) is 23.8 Å². The zero-order valence-corrected chi connectivity index (χ0v) is 14.8. The molecule has 7 heteroatoms. The minimum absolute atomic E-state index is 0.0253. The van der Waals surface area contributed by atoms with Crippen molar-refractivity contribution in [3.8, 4) is 0 Å². The number of nitro groups is 1. The van der Waals surface area contributed by atoms with E-state index in [2.05, 4.69) is 0 Å². The quantitative estimate of drug-likeness (QED) is 0.378. The molecule has 0 atom stereocenters. The number of ether oxygens (including phenoxy) is 1. The molecule has 0 aliphatic carbocycles. The molecule has 0 saturated heterocycles. The molecule has 0 fully saturated rings. The van der Waals surface area contributed by atoms with E-state index >= 15 is 0 Å². The predicted octanol–water partition coefficient (Wildman–Crippen LogP) is 3.52. The van der Waals surface area contributed by atoms with Crippen LogP contribution in [0.4, 0.5) is 5.69 Å². The van der Waals surface area contributed by atoms with Crippen molar-refractivity contribution in [3.05, 3.63) is 86.2 Å². The van der Waals surface area contributed by atoms with Crippen molar-refractivity contribution in [2.45, 2.75) is 19.9 Å². The highest BCUT2D eigenvalue weighted by Crippen LogP contribution is 2.20. The van der Waals surface area contributed by atoms with E-state index in [1.165, 1.54) is 18.2 Å². The number of carbonyl (C=O) groups excluding carboxylic acids is 1. The van der Waals surface area contributed by atoms with Crippen LogP contribution in [-0.4, -0.2) is 22.1 Å². The maximum atomic E-state index is 12.3. The van der Waals surface area contributed by atoms with Gasteiger partial charge in [0.1, 0.15) is 0 Å². The second kappa shape index (κ2) is 7.82. The number of rotatable bonds is 6. The van der Waals surface area contributed by atoms with Crippen molar-refractivity contribution >= 4 is 22.6 Å². The van der Waals surface area contributed by atoms with Gasteiger partial charge in [0.15, 0.2) is 0 Å². The summed E-state index contributed by atoms with van der Waals surface area (Å²) in [7, 11) is 0. The third kappa shape index (κ3) is 4.03. The van der Waals surface area contributed by atoms with Crippen molar-refractivity contribution in [3.63, 3.8) is 0 Å². The van der Waals surface area contributed by atoms with Gasteiger partial charge in [-0.05, 0) is 36.2 Å². The zero-order chi connectivity index (χ0) is 19.4. The summed E-state index contributed by atoms with van der Waals surface area (Å²) in [6.07, 6.45) is 0.756. The van der Waals surface area contributed by atoms with E-state index < -0.39 is 4.92 Å². The molecule has 27 heavy (non-hydrogen) atoms. The summed E-state index contributed by atoms with van der Waals surface area (Å²) in [5.74, 6) is -0.377. The Balaban J connectivity index is 1.90. The topological polar surface area (TPSA) is 91.4 Å². The Morgan fingerprint density at radius 2 is 1.85 bits per heavy atom. The van der Waals surface area contributed by atoms with Crippen molar-refractivity contribution in [2.24, 2.45) is 0 Å². The molecule has 0 aliphatic heterocycles. The smallest absolute Gasteiger partial charge is 0.338 e. The number of benzene rings is 2. The second-order valence-corrected chi connectivity index (χ2v) is 6.09. The highest BCUT2D eigenvalue weighted by Gasteiger charge is 2.11. The molecule has 1 aromatic heterocycles. The van der Waals surface area contributed by atoms with Crippen molar-refractivity contribution in [2.75, 3.05) is 6.61 Å². The van der Waals surface area contributed by atoms with Crippen LogP contribution < -0.4 is 5.56 Å². The number of nitro benzene ring substituents is 1. The molecule has 0 unspecified atom stereocenters. The average molecular weight is 366 g/mol. The predicted molar refractivity (Wildman–Crippen MR) is 101 cm³/mol. The van der Waals surface area contributed by atoms with Crippen LogP contribution >= 0.6 is 0 Å². The largest absolute Gasteiger partial charge is 0.462 e. The fraction of sp³-hybridized carbons (Fsp3) is 0.200. The second-order valence-electron chi connectivity index (χ2n) is 6.09. The summed E-state index contributed by atoms with van der Waals surface area (Å²) in [6, 6.07) is 14.2. The first-order valence-corrected chi connectivity index (χ1v) is 8.53. The molecule has 138 valence electrons. The average Bonchev–Trinajstić information content (AvgIpc) is 2.68. The van der Waals surface area contributed by atoms with Crippen molar-refractivity contribution < 1.29 is 14.5 Å². The maximum absolute atomic E-state index is 12.3. The van der Waals surface area contributed by atoms with Gasteiger partial charge < -0.3 is 9.30 Å². The molecular weight excluding hydrogens is 348 g/mol. The number of fused-ring (bicyclic) bond motifs is 1. The lowest BCUT2D eigenvalue weighted by molar-refractivity contribution is -0.384. The van der Waals surface area contributed by atoms with Gasteiger partial charge in [0.2, 0.25) is 0 Å². The Morgan fingerprint density at radius 3 is 2.52 bits per heavy atom. The molecule has 0 spiro atoms. The van der Waals surface area contributed by atoms with E-state index in [1.54, 1.807) is 41.0 Å². The molecule has 7 nitrogen and oxygen atoms in total. The number of hydrogen-bond acceptors (Lipinski definition) is 5. The molecule has 0 N–H and O–H groups in total. The monoisotopic (exact) mass is 366 g/mol. The summed E-state index contributed by atoms with van der Waals surface area (Å²) in [4.78, 5) is 34.6. The number of nitrogens with zero attached hydrogens (tertiary/aromatic N) is 2. The molecule has 2 aromatic carbocycles. The number of pyridine rings is 1. The van der Waals surface area contributed by atoms with Crippen LogP contribution in [0.3, 0.4) is 0 Å². The normalized spacial score (nSPS) is 10.7. The summed E-state index contributed by atoms with van der Waals surface area (Å²) < 4.78 is 6.64. The third-order valence-corrected chi connectivity index (χ3v) is 4.15. The summed E-state index contributed by atoms with van der Waals surface area (Å²) in [5, 5.41) is 11.6. The SMILES string of the molecule is CCCOC(=O)c1ccc(Cn2c(=O)ccc3cc([N+](=O)[O-])ccc32)cc1. The number of hydrogen-bond donors (Lipinski definition) is 0. The third-order valence-electron chi connectivity index (χ3n) is 4.15. The molecule has 0 aliphatic rings. The highest BCUT2D eigenvalue weighted by molar-refractivity contribution is 5.89. The van der Waals surface area contributed by atoms with Crippen LogP contribution in [0.25, 0.3) is 10.9 Å². The molecule has 0 amide bonds. The highest BCUT2D eigenvalue weighted by atomic mass is 16.6. The van der Waals surface area contributed by atoms with Crippen LogP contribution in [0.2, 0.25) is 0 Å². The van der Waals surface area contributed by atoms with Gasteiger partial charge in [0, 0.05) is 23.6 Å². The summed E-state index contributed by atoms with van der Waals surface area (Å²) >= 11 is 0. The number of esters is 1. The molecule has 3 rings (SSSR count). The lowest BCUT2D eigenvalue weighted by atomic mass is 10.1. The minimum atomic E-state index is -0.467. The first kappa shape index (κ1) is 18.3. The number of aromatic nitrogens is 1. The Kier molecular flexibility index (Phi) is 5.30. The maximum Gasteiger partial charge on any atom is 0.338 e. The van der Waals surface area contributed by atoms with Crippen LogP contribution in [0, 0.1) is 10.1 Å². The van der Waals surface area contributed by atoms with E-state index in [0.717, 1.165) is 12.0 Å². The van der Waals surface area contributed by atoms with Crippen LogP contribution in [0.15, 0.2) is 59.4 Å². The van der Waals surface area contributed by atoms with Gasteiger partial charge in [-0.2, -0.15) is 0 Å². The first-order valence-electron chi connectivity index (χ1n) is 8.53. The lowest BCUT2D eigenvalue weighted by Crippen LogP contribution is -2.20. The Morgan fingerprint density at radius 1 is 1.11 bits per heavy atom. The fourth-order valence-electron chi connectivity index (χ4n) is 2.77. The molecule has 3 aromatic rings. The van der Waals surface area contributed by atoms with E-state index in [1.807, 2.05) is 6.92 Å². The minimum Gasteiger partial charge on any atom is -0.462 e. The van der Waals surface area contributed by atoms with Crippen molar-refractivity contribution in [1.82, 2.24) is 4.57 Å². The van der Waals surface area contributed by atoms with E-state index in [0.29, 0.717) is 23.1 Å². The Bertz CT molecular complexity index is 1050. The lowest BCUT2D eigenvalue weighted by Gasteiger charge is -2.11.